The van der Waals surface area contributed by atoms with E-state index in [0.29, 0.717) is 12.2 Å². The van der Waals surface area contributed by atoms with Gasteiger partial charge in [-0.1, -0.05) is 35.4 Å². The van der Waals surface area contributed by atoms with Gasteiger partial charge in [0.25, 0.3) is 10.3 Å². The number of halogens is 8. The van der Waals surface area contributed by atoms with Crippen LogP contribution in [0.15, 0.2) is 25.3 Å². The lowest BCUT2D eigenvalue weighted by atomic mass is 10.2. The topological polar surface area (TPSA) is 9.23 Å². The average molecular weight is 331 g/mol. The fourth-order valence-electron chi connectivity index (χ4n) is 0.911. The molecular weight excluding hydrogens is 321 g/mol. The molecule has 1 nitrogen and oxygen atoms in total. The van der Waals surface area contributed by atoms with Crippen molar-refractivity contribution in [1.29, 1.82) is 0 Å². The Morgan fingerprint density at radius 3 is 1.26 bits per heavy atom. The Kier molecular flexibility index (Phi) is 5.80. The molecule has 0 amide bonds. The highest BCUT2D eigenvalue weighted by Gasteiger charge is 2.65. The van der Waals surface area contributed by atoms with Crippen LogP contribution in [0.3, 0.4) is 0 Å². The summed E-state index contributed by atoms with van der Waals surface area (Å²) in [4.78, 5) is 0. The molecule has 112 valence electrons. The maximum atomic E-state index is 13.3. The molecule has 0 spiro atoms. The first-order valence-corrected chi connectivity index (χ1v) is 5.52. The SMILES string of the molecule is C=CC[C@@](F)(Cl)C(F)(F)OC(F)(F)[C@](F)(Cl)CC=C. The van der Waals surface area contributed by atoms with Crippen molar-refractivity contribution in [1.82, 2.24) is 0 Å². The summed E-state index contributed by atoms with van der Waals surface area (Å²) in [5, 5.41) is -8.03. The number of ether oxygens (including phenoxy) is 1. The lowest BCUT2D eigenvalue weighted by molar-refractivity contribution is -0.417. The van der Waals surface area contributed by atoms with Crippen LogP contribution >= 0.6 is 23.2 Å². The van der Waals surface area contributed by atoms with Crippen molar-refractivity contribution < 1.29 is 31.1 Å². The van der Waals surface area contributed by atoms with Gasteiger partial charge in [-0.2, -0.15) is 17.6 Å². The minimum Gasteiger partial charge on any atom is -0.248 e. The highest BCUT2D eigenvalue weighted by atomic mass is 35.5. The quantitative estimate of drug-likeness (QED) is 0.340. The summed E-state index contributed by atoms with van der Waals surface area (Å²) >= 11 is 9.46. The number of allylic oxidation sites excluding steroid dienone is 2. The van der Waals surface area contributed by atoms with Crippen LogP contribution in [0.2, 0.25) is 0 Å². The highest BCUT2D eigenvalue weighted by Crippen LogP contribution is 2.48. The van der Waals surface area contributed by atoms with E-state index < -0.39 is 35.3 Å². The first-order valence-electron chi connectivity index (χ1n) is 4.76. The van der Waals surface area contributed by atoms with Crippen LogP contribution in [0.25, 0.3) is 0 Å². The molecule has 0 aliphatic rings. The zero-order valence-corrected chi connectivity index (χ0v) is 10.9. The van der Waals surface area contributed by atoms with Crippen LogP contribution in [0, 0.1) is 0 Å². The molecule has 9 heteroatoms. The molecule has 0 aromatic heterocycles. The molecule has 0 saturated heterocycles. The maximum Gasteiger partial charge on any atom is 0.408 e. The van der Waals surface area contributed by atoms with Crippen molar-refractivity contribution in [2.75, 3.05) is 0 Å². The van der Waals surface area contributed by atoms with Gasteiger partial charge in [0, 0.05) is 12.8 Å². The van der Waals surface area contributed by atoms with Crippen molar-refractivity contribution in [2.45, 2.75) is 35.3 Å². The van der Waals surface area contributed by atoms with Gasteiger partial charge >= 0.3 is 12.2 Å². The Labute approximate surface area is 115 Å². The third-order valence-corrected chi connectivity index (χ3v) is 2.66. The van der Waals surface area contributed by atoms with Crippen molar-refractivity contribution in [2.24, 2.45) is 0 Å². The van der Waals surface area contributed by atoms with Crippen LogP contribution in [0.5, 0.6) is 0 Å². The van der Waals surface area contributed by atoms with E-state index in [1.54, 1.807) is 0 Å². The molecule has 0 aliphatic carbocycles. The molecule has 0 heterocycles. The van der Waals surface area contributed by atoms with Crippen LogP contribution in [0.4, 0.5) is 26.3 Å². The monoisotopic (exact) mass is 330 g/mol. The van der Waals surface area contributed by atoms with Crippen molar-refractivity contribution in [3.8, 4) is 0 Å². The Balaban J connectivity index is 5.19. The number of hydrogen-bond acceptors (Lipinski definition) is 1. The Morgan fingerprint density at radius 2 is 1.05 bits per heavy atom. The molecule has 0 aromatic rings. The molecule has 0 aromatic carbocycles. The van der Waals surface area contributed by atoms with E-state index in [4.69, 9.17) is 23.2 Å². The summed E-state index contributed by atoms with van der Waals surface area (Å²) in [6.07, 6.45) is -11.6. The molecule has 0 N–H and O–H groups in total. The van der Waals surface area contributed by atoms with E-state index in [1.165, 1.54) is 0 Å². The van der Waals surface area contributed by atoms with Crippen LogP contribution in [-0.4, -0.2) is 22.5 Å². The van der Waals surface area contributed by atoms with Gasteiger partial charge in [-0.3, -0.25) is 0 Å². The second-order valence-corrected chi connectivity index (χ2v) is 4.73. The number of rotatable bonds is 8. The van der Waals surface area contributed by atoms with Crippen molar-refractivity contribution in [3.05, 3.63) is 25.3 Å². The molecule has 2 atom stereocenters. The van der Waals surface area contributed by atoms with Gasteiger partial charge in [0.15, 0.2) is 0 Å². The summed E-state index contributed by atoms with van der Waals surface area (Å²) in [5.74, 6) is 0. The van der Waals surface area contributed by atoms with Crippen LogP contribution in [0.1, 0.15) is 12.8 Å². The summed E-state index contributed by atoms with van der Waals surface area (Å²) in [5.41, 5.74) is 0. The highest BCUT2D eigenvalue weighted by molar-refractivity contribution is 6.24. The van der Waals surface area contributed by atoms with Crippen LogP contribution in [-0.2, 0) is 4.74 Å². The van der Waals surface area contributed by atoms with Gasteiger partial charge < -0.3 is 0 Å². The van der Waals surface area contributed by atoms with Gasteiger partial charge in [-0.05, 0) is 0 Å². The van der Waals surface area contributed by atoms with Gasteiger partial charge in [-0.25, -0.2) is 13.5 Å². The fourth-order valence-corrected chi connectivity index (χ4v) is 1.21. The zero-order chi connectivity index (χ0) is 15.5. The molecule has 0 rings (SSSR count). The normalized spacial score (nSPS) is 19.4. The Bertz CT molecular complexity index is 311. The number of hydrogen-bond donors (Lipinski definition) is 0. The third kappa shape index (κ3) is 4.29. The second kappa shape index (κ2) is 5.93. The van der Waals surface area contributed by atoms with Crippen LogP contribution < -0.4 is 0 Å². The zero-order valence-electron chi connectivity index (χ0n) is 9.42. The molecule has 19 heavy (non-hydrogen) atoms. The van der Waals surface area contributed by atoms with E-state index in [1.807, 2.05) is 0 Å². The fraction of sp³-hybridized carbons (Fsp3) is 0.600. The van der Waals surface area contributed by atoms with E-state index in [9.17, 15) is 26.3 Å². The predicted molar refractivity (Wildman–Crippen MR) is 60.0 cm³/mol. The van der Waals surface area contributed by atoms with Crippen molar-refractivity contribution >= 4 is 23.2 Å². The van der Waals surface area contributed by atoms with Gasteiger partial charge in [0.05, 0.1) is 0 Å². The minimum absolute atomic E-state index is 0.621. The third-order valence-electron chi connectivity index (χ3n) is 1.91. The molecular formula is C10H10Cl2F6O. The Morgan fingerprint density at radius 1 is 0.789 bits per heavy atom. The lowest BCUT2D eigenvalue weighted by Gasteiger charge is -2.33. The standard InChI is InChI=1S/C10H10Cl2F6O/c1-3-5-7(11,13)9(15,16)19-10(17,18)8(12,14)6-4-2/h3-4H,1-2,5-6H2/t7-,8-/m0/s1. The van der Waals surface area contributed by atoms with Gasteiger partial charge in [-0.15, -0.1) is 13.2 Å². The van der Waals surface area contributed by atoms with E-state index in [-0.39, 0.29) is 0 Å². The first-order chi connectivity index (χ1) is 8.33. The summed E-state index contributed by atoms with van der Waals surface area (Å²) in [6.45, 7) is 5.84. The van der Waals surface area contributed by atoms with E-state index in [0.717, 1.165) is 0 Å². The summed E-state index contributed by atoms with van der Waals surface area (Å²) in [7, 11) is 0. The van der Waals surface area contributed by atoms with Gasteiger partial charge in [0.2, 0.25) is 0 Å². The van der Waals surface area contributed by atoms with E-state index >= 15 is 0 Å². The number of alkyl halides is 8. The second-order valence-electron chi connectivity index (χ2n) is 3.53. The summed E-state index contributed by atoms with van der Waals surface area (Å²) < 4.78 is 82.0. The largest absolute Gasteiger partial charge is 0.408 e. The minimum atomic E-state index is -5.19. The molecule has 0 fully saturated rings. The lowest BCUT2D eigenvalue weighted by Crippen LogP contribution is -2.52. The Hall–Kier alpha value is -0.400. The molecule has 0 aliphatic heterocycles. The molecule has 0 saturated carbocycles. The average Bonchev–Trinajstić information content (AvgIpc) is 2.14. The maximum absolute atomic E-state index is 13.3. The van der Waals surface area contributed by atoms with E-state index in [2.05, 4.69) is 17.9 Å². The molecule has 0 radical (unpaired) electrons. The molecule has 0 bridgehead atoms. The van der Waals surface area contributed by atoms with Gasteiger partial charge in [0.1, 0.15) is 0 Å². The summed E-state index contributed by atoms with van der Waals surface area (Å²) in [6, 6.07) is 0. The van der Waals surface area contributed by atoms with Crippen molar-refractivity contribution in [3.63, 3.8) is 0 Å². The molecule has 0 unspecified atom stereocenters. The predicted octanol–water partition coefficient (Wildman–Crippen LogP) is 5.15. The first kappa shape index (κ1) is 18.6. The smallest absolute Gasteiger partial charge is 0.248 e.